The Hall–Kier alpha value is -3.23. The van der Waals surface area contributed by atoms with E-state index in [0.717, 1.165) is 5.69 Å². The number of rotatable bonds is 2. The van der Waals surface area contributed by atoms with Crippen LogP contribution in [-0.2, 0) is 4.79 Å². The van der Waals surface area contributed by atoms with Gasteiger partial charge in [0.05, 0.1) is 11.9 Å². The van der Waals surface area contributed by atoms with E-state index in [9.17, 15) is 14.4 Å². The molecule has 0 saturated carbocycles. The van der Waals surface area contributed by atoms with Crippen molar-refractivity contribution in [3.63, 3.8) is 0 Å². The zero-order valence-corrected chi connectivity index (χ0v) is 13.3. The van der Waals surface area contributed by atoms with Crippen LogP contribution < -0.4 is 10.6 Å². The molecule has 9 heteroatoms. The quantitative estimate of drug-likeness (QED) is 0.753. The van der Waals surface area contributed by atoms with E-state index < -0.39 is 11.6 Å². The number of imide groups is 1. The van der Waals surface area contributed by atoms with Gasteiger partial charge in [-0.05, 0) is 25.0 Å². The van der Waals surface area contributed by atoms with Crippen molar-refractivity contribution in [1.29, 1.82) is 0 Å². The molecule has 2 saturated heterocycles. The average molecular weight is 340 g/mol. The summed E-state index contributed by atoms with van der Waals surface area (Å²) in [5.41, 5.74) is 0.124. The summed E-state index contributed by atoms with van der Waals surface area (Å²) in [6.07, 6.45) is 2.19. The normalized spacial score (nSPS) is 19.0. The minimum Gasteiger partial charge on any atom is -0.337 e. The van der Waals surface area contributed by atoms with Gasteiger partial charge in [-0.15, -0.1) is 5.10 Å². The van der Waals surface area contributed by atoms with Crippen LogP contribution in [0.3, 0.4) is 0 Å². The van der Waals surface area contributed by atoms with Gasteiger partial charge in [-0.3, -0.25) is 14.9 Å². The highest BCUT2D eigenvalue weighted by atomic mass is 16.2. The number of hydrogen-bond donors (Lipinski definition) is 2. The number of piperidine rings is 1. The van der Waals surface area contributed by atoms with Gasteiger partial charge >= 0.3 is 6.03 Å². The Morgan fingerprint density at radius 1 is 1.12 bits per heavy atom. The number of urea groups is 1. The Balaban J connectivity index is 1.46. The molecule has 4 rings (SSSR count). The number of para-hydroxylation sites is 1. The lowest BCUT2D eigenvalue weighted by atomic mass is 9.87. The largest absolute Gasteiger partial charge is 0.337 e. The molecular weight excluding hydrogens is 324 g/mol. The summed E-state index contributed by atoms with van der Waals surface area (Å²) in [6.45, 7) is 0.732. The second-order valence-electron chi connectivity index (χ2n) is 6.14. The van der Waals surface area contributed by atoms with E-state index in [1.165, 1.54) is 11.0 Å². The number of benzene rings is 1. The molecule has 3 heterocycles. The van der Waals surface area contributed by atoms with Crippen LogP contribution in [0.2, 0.25) is 0 Å². The number of nitrogens with one attached hydrogen (secondary N) is 2. The Morgan fingerprint density at radius 3 is 2.48 bits per heavy atom. The van der Waals surface area contributed by atoms with E-state index in [-0.39, 0.29) is 17.5 Å². The monoisotopic (exact) mass is 340 g/mol. The summed E-state index contributed by atoms with van der Waals surface area (Å²) in [6, 6.07) is 8.84. The van der Waals surface area contributed by atoms with Crippen molar-refractivity contribution in [2.24, 2.45) is 0 Å². The lowest BCUT2D eigenvalue weighted by Crippen LogP contribution is -2.55. The molecule has 9 nitrogen and oxygen atoms in total. The minimum absolute atomic E-state index is 0.234. The fourth-order valence-corrected chi connectivity index (χ4v) is 3.18. The van der Waals surface area contributed by atoms with E-state index >= 15 is 0 Å². The Labute approximate surface area is 143 Å². The lowest BCUT2D eigenvalue weighted by molar-refractivity contribution is -0.125. The molecule has 0 bridgehead atoms. The van der Waals surface area contributed by atoms with Gasteiger partial charge < -0.3 is 10.2 Å². The van der Waals surface area contributed by atoms with Crippen molar-refractivity contribution < 1.29 is 14.4 Å². The molecule has 2 fully saturated rings. The SMILES string of the molecule is O=C1NC(=O)C2(CCN(C(=O)c3cnn(-c4ccccc4)n3)CC2)N1. The molecule has 2 aliphatic rings. The van der Waals surface area contributed by atoms with Gasteiger partial charge in [0.2, 0.25) is 0 Å². The Bertz CT molecular complexity index is 839. The van der Waals surface area contributed by atoms with Gasteiger partial charge in [0.15, 0.2) is 5.69 Å². The van der Waals surface area contributed by atoms with Gasteiger partial charge in [-0.2, -0.15) is 9.90 Å². The summed E-state index contributed by atoms with van der Waals surface area (Å²) in [5, 5.41) is 13.3. The van der Waals surface area contributed by atoms with Gasteiger partial charge in [0.25, 0.3) is 11.8 Å². The summed E-state index contributed by atoms with van der Waals surface area (Å²) >= 11 is 0. The van der Waals surface area contributed by atoms with Crippen molar-refractivity contribution in [2.75, 3.05) is 13.1 Å². The molecule has 1 spiro atoms. The zero-order chi connectivity index (χ0) is 17.4. The number of likely N-dealkylation sites (tertiary alicyclic amines) is 1. The van der Waals surface area contributed by atoms with Gasteiger partial charge in [0.1, 0.15) is 5.54 Å². The van der Waals surface area contributed by atoms with Crippen LogP contribution in [0.1, 0.15) is 23.3 Å². The molecule has 128 valence electrons. The van der Waals surface area contributed by atoms with Gasteiger partial charge in [0, 0.05) is 13.1 Å². The van der Waals surface area contributed by atoms with Crippen molar-refractivity contribution in [1.82, 2.24) is 30.5 Å². The Kier molecular flexibility index (Phi) is 3.48. The number of amides is 4. The molecule has 0 radical (unpaired) electrons. The van der Waals surface area contributed by atoms with Crippen LogP contribution in [0.25, 0.3) is 5.69 Å². The van der Waals surface area contributed by atoms with Crippen LogP contribution in [0.5, 0.6) is 0 Å². The van der Waals surface area contributed by atoms with Crippen LogP contribution in [0, 0.1) is 0 Å². The molecular formula is C16H16N6O3. The van der Waals surface area contributed by atoms with Crippen molar-refractivity contribution in [3.05, 3.63) is 42.2 Å². The predicted octanol–water partition coefficient (Wildman–Crippen LogP) is 0.0815. The van der Waals surface area contributed by atoms with Crippen molar-refractivity contribution >= 4 is 17.8 Å². The maximum Gasteiger partial charge on any atom is 0.322 e. The van der Waals surface area contributed by atoms with E-state index in [1.54, 1.807) is 4.90 Å². The number of carbonyl (C=O) groups excluding carboxylic acids is 3. The average Bonchev–Trinajstić information content (AvgIpc) is 3.21. The topological polar surface area (TPSA) is 109 Å². The highest BCUT2D eigenvalue weighted by molar-refractivity contribution is 6.07. The molecule has 0 aliphatic carbocycles. The van der Waals surface area contributed by atoms with Crippen molar-refractivity contribution in [3.8, 4) is 5.69 Å². The molecule has 1 aromatic carbocycles. The number of hydrogen-bond acceptors (Lipinski definition) is 5. The van der Waals surface area contributed by atoms with Crippen LogP contribution >= 0.6 is 0 Å². The summed E-state index contributed by atoms with van der Waals surface area (Å²) in [5.74, 6) is -0.554. The fourth-order valence-electron chi connectivity index (χ4n) is 3.18. The molecule has 25 heavy (non-hydrogen) atoms. The molecule has 2 N–H and O–H groups in total. The van der Waals surface area contributed by atoms with Crippen LogP contribution in [-0.4, -0.2) is 56.4 Å². The minimum atomic E-state index is -0.893. The summed E-state index contributed by atoms with van der Waals surface area (Å²) in [7, 11) is 0. The standard InChI is InChI=1S/C16H16N6O3/c23-13(12-10-17-22(20-12)11-4-2-1-3-5-11)21-8-6-16(7-9-21)14(24)18-15(25)19-16/h1-5,10H,6-9H2,(H2,18,19,24,25). The molecule has 0 unspecified atom stereocenters. The van der Waals surface area contributed by atoms with E-state index in [1.807, 2.05) is 30.3 Å². The maximum atomic E-state index is 12.6. The smallest absolute Gasteiger partial charge is 0.322 e. The molecule has 2 aromatic rings. The first-order chi connectivity index (χ1) is 12.1. The number of aromatic nitrogens is 3. The summed E-state index contributed by atoms with van der Waals surface area (Å²) in [4.78, 5) is 39.0. The fraction of sp³-hybridized carbons (Fsp3) is 0.312. The zero-order valence-electron chi connectivity index (χ0n) is 13.3. The number of nitrogens with zero attached hydrogens (tertiary/aromatic N) is 4. The third-order valence-electron chi connectivity index (χ3n) is 4.62. The lowest BCUT2D eigenvalue weighted by Gasteiger charge is -2.36. The van der Waals surface area contributed by atoms with Crippen molar-refractivity contribution in [2.45, 2.75) is 18.4 Å². The first-order valence-electron chi connectivity index (χ1n) is 7.98. The highest BCUT2D eigenvalue weighted by Crippen LogP contribution is 2.26. The molecule has 0 atom stereocenters. The highest BCUT2D eigenvalue weighted by Gasteiger charge is 2.48. The van der Waals surface area contributed by atoms with Crippen LogP contribution in [0.4, 0.5) is 4.79 Å². The first-order valence-corrected chi connectivity index (χ1v) is 7.98. The second-order valence-corrected chi connectivity index (χ2v) is 6.14. The first kappa shape index (κ1) is 15.3. The maximum absolute atomic E-state index is 12.6. The van der Waals surface area contributed by atoms with Gasteiger partial charge in [-0.1, -0.05) is 18.2 Å². The van der Waals surface area contributed by atoms with E-state index in [4.69, 9.17) is 0 Å². The predicted molar refractivity (Wildman–Crippen MR) is 85.9 cm³/mol. The third kappa shape index (κ3) is 2.63. The van der Waals surface area contributed by atoms with Crippen LogP contribution in [0.15, 0.2) is 36.5 Å². The molecule has 4 amide bonds. The van der Waals surface area contributed by atoms with Gasteiger partial charge in [-0.25, -0.2) is 4.79 Å². The third-order valence-corrected chi connectivity index (χ3v) is 4.62. The van der Waals surface area contributed by atoms with E-state index in [0.29, 0.717) is 25.9 Å². The summed E-state index contributed by atoms with van der Waals surface area (Å²) < 4.78 is 0. The second kappa shape index (κ2) is 5.69. The number of carbonyl (C=O) groups is 3. The Morgan fingerprint density at radius 2 is 1.84 bits per heavy atom. The molecule has 2 aliphatic heterocycles. The molecule has 1 aromatic heterocycles. The van der Waals surface area contributed by atoms with E-state index in [2.05, 4.69) is 20.8 Å².